The second-order valence-corrected chi connectivity index (χ2v) is 6.94. The molecular formula is C11H18N4O4S. The van der Waals surface area contributed by atoms with Gasteiger partial charge in [-0.25, -0.2) is 13.8 Å². The minimum Gasteiger partial charge on any atom is -0.335 e. The largest absolute Gasteiger partial charge is 0.335 e. The van der Waals surface area contributed by atoms with Gasteiger partial charge in [-0.05, 0) is 6.92 Å². The van der Waals surface area contributed by atoms with Crippen molar-refractivity contribution in [1.82, 2.24) is 14.6 Å². The normalized spacial score (nSPS) is 21.4. The number of sulfonamides is 1. The number of hydrogen-bond acceptors (Lipinski definition) is 5. The number of nitrogens with one attached hydrogen (secondary N) is 1. The fraction of sp³-hybridized carbons (Fsp3) is 0.727. The van der Waals surface area contributed by atoms with Crippen LogP contribution in [-0.4, -0.2) is 67.1 Å². The fourth-order valence-corrected chi connectivity index (χ4v) is 3.25. The number of rotatable bonds is 3. The third kappa shape index (κ3) is 3.15. The summed E-state index contributed by atoms with van der Waals surface area (Å²) >= 11 is 0. The van der Waals surface area contributed by atoms with Gasteiger partial charge in [-0.1, -0.05) is 0 Å². The Morgan fingerprint density at radius 1 is 1.25 bits per heavy atom. The molecule has 0 atom stereocenters. The van der Waals surface area contributed by atoms with Crippen molar-refractivity contribution in [3.05, 3.63) is 0 Å². The molecule has 2 amide bonds. The van der Waals surface area contributed by atoms with Crippen LogP contribution in [0.25, 0.3) is 0 Å². The van der Waals surface area contributed by atoms with E-state index in [1.165, 1.54) is 4.31 Å². The predicted octanol–water partition coefficient (Wildman–Crippen LogP) is -1.25. The average molecular weight is 302 g/mol. The molecule has 1 N–H and O–H groups in total. The van der Waals surface area contributed by atoms with E-state index in [1.54, 1.807) is 11.8 Å². The molecule has 0 radical (unpaired) electrons. The van der Waals surface area contributed by atoms with Gasteiger partial charge >= 0.3 is 0 Å². The summed E-state index contributed by atoms with van der Waals surface area (Å²) in [6.45, 7) is 2.92. The van der Waals surface area contributed by atoms with E-state index in [0.29, 0.717) is 38.3 Å². The zero-order valence-corrected chi connectivity index (χ0v) is 12.1. The zero-order valence-electron chi connectivity index (χ0n) is 11.3. The van der Waals surface area contributed by atoms with Crippen molar-refractivity contribution in [1.29, 1.82) is 0 Å². The fourth-order valence-electron chi connectivity index (χ4n) is 2.16. The zero-order chi connectivity index (χ0) is 14.8. The summed E-state index contributed by atoms with van der Waals surface area (Å²) < 4.78 is 24.8. The molecule has 20 heavy (non-hydrogen) atoms. The number of nitrogens with zero attached hydrogens (tertiary/aromatic N) is 3. The summed E-state index contributed by atoms with van der Waals surface area (Å²) in [7, 11) is -3.19. The maximum atomic E-state index is 12.2. The topological polar surface area (TPSA) is 99.2 Å². The van der Waals surface area contributed by atoms with Gasteiger partial charge in [-0.15, -0.1) is 0 Å². The van der Waals surface area contributed by atoms with Crippen LogP contribution in [0.15, 0.2) is 5.10 Å². The molecule has 0 spiro atoms. The van der Waals surface area contributed by atoms with Gasteiger partial charge in [0.15, 0.2) is 0 Å². The number of carbonyl (C=O) groups excluding carboxylic acids is 2. The Labute approximate surface area is 117 Å². The molecule has 2 aliphatic heterocycles. The lowest BCUT2D eigenvalue weighted by atomic mass is 10.1. The Kier molecular flexibility index (Phi) is 4.39. The summed E-state index contributed by atoms with van der Waals surface area (Å²) in [6.07, 6.45) is 0.590. The van der Waals surface area contributed by atoms with Crippen molar-refractivity contribution in [3.8, 4) is 0 Å². The second-order valence-electron chi connectivity index (χ2n) is 4.69. The van der Waals surface area contributed by atoms with E-state index in [1.807, 2.05) is 0 Å². The van der Waals surface area contributed by atoms with Crippen molar-refractivity contribution >= 4 is 27.5 Å². The van der Waals surface area contributed by atoms with Crippen LogP contribution in [0, 0.1) is 0 Å². The number of hydrogen-bond donors (Lipinski definition) is 1. The van der Waals surface area contributed by atoms with Crippen LogP contribution in [0.4, 0.5) is 0 Å². The van der Waals surface area contributed by atoms with Gasteiger partial charge in [0.05, 0.1) is 5.75 Å². The Morgan fingerprint density at radius 2 is 1.90 bits per heavy atom. The smallest absolute Gasteiger partial charge is 0.270 e. The highest BCUT2D eigenvalue weighted by Crippen LogP contribution is 2.10. The quantitative estimate of drug-likeness (QED) is 0.704. The van der Waals surface area contributed by atoms with E-state index in [9.17, 15) is 18.0 Å². The molecule has 2 heterocycles. The Bertz CT molecular complexity index is 535. The Morgan fingerprint density at radius 3 is 2.40 bits per heavy atom. The molecule has 2 rings (SSSR count). The first kappa shape index (κ1) is 14.9. The number of amides is 2. The number of hydrazone groups is 1. The Hall–Kier alpha value is -1.48. The first-order chi connectivity index (χ1) is 9.44. The monoisotopic (exact) mass is 302 g/mol. The lowest BCUT2D eigenvalue weighted by Crippen LogP contribution is -2.52. The van der Waals surface area contributed by atoms with Gasteiger partial charge < -0.3 is 4.90 Å². The molecule has 0 aliphatic carbocycles. The summed E-state index contributed by atoms with van der Waals surface area (Å²) in [5, 5.41) is 3.76. The number of piperazine rings is 1. The van der Waals surface area contributed by atoms with Crippen molar-refractivity contribution in [2.75, 3.05) is 31.9 Å². The molecule has 1 saturated heterocycles. The van der Waals surface area contributed by atoms with Gasteiger partial charge in [-0.2, -0.15) is 9.41 Å². The molecule has 9 heteroatoms. The molecule has 112 valence electrons. The molecule has 0 aromatic carbocycles. The summed E-state index contributed by atoms with van der Waals surface area (Å²) in [4.78, 5) is 24.7. The molecule has 0 aromatic heterocycles. The minimum absolute atomic E-state index is 0.0691. The standard InChI is InChI=1S/C11H18N4O4S/c1-2-20(18,19)15-7-5-14(6-8-15)11(17)9-3-4-10(16)13-12-9/h2-8H2,1H3,(H,13,16). The van der Waals surface area contributed by atoms with Crippen LogP contribution in [0.2, 0.25) is 0 Å². The molecular weight excluding hydrogens is 284 g/mol. The SMILES string of the molecule is CCS(=O)(=O)N1CCN(C(=O)C2=NNC(=O)CC2)CC1. The minimum atomic E-state index is -3.19. The van der Waals surface area contributed by atoms with Gasteiger partial charge in [0.2, 0.25) is 15.9 Å². The number of carbonyl (C=O) groups is 2. The Balaban J connectivity index is 1.94. The van der Waals surface area contributed by atoms with Crippen LogP contribution in [0.5, 0.6) is 0 Å². The van der Waals surface area contributed by atoms with Crippen LogP contribution in [0.1, 0.15) is 19.8 Å². The summed E-state index contributed by atoms with van der Waals surface area (Å²) in [5.41, 5.74) is 2.62. The van der Waals surface area contributed by atoms with Crippen LogP contribution < -0.4 is 5.43 Å². The van der Waals surface area contributed by atoms with Gasteiger partial charge in [0.25, 0.3) is 5.91 Å². The van der Waals surface area contributed by atoms with E-state index in [-0.39, 0.29) is 24.0 Å². The van der Waals surface area contributed by atoms with Crippen LogP contribution >= 0.6 is 0 Å². The van der Waals surface area contributed by atoms with E-state index in [0.717, 1.165) is 0 Å². The second kappa shape index (κ2) is 5.88. The molecule has 1 fully saturated rings. The molecule has 0 saturated carbocycles. The first-order valence-corrected chi connectivity index (χ1v) is 8.17. The third-order valence-electron chi connectivity index (χ3n) is 3.44. The van der Waals surface area contributed by atoms with E-state index >= 15 is 0 Å². The molecule has 2 aliphatic rings. The third-order valence-corrected chi connectivity index (χ3v) is 5.32. The van der Waals surface area contributed by atoms with E-state index < -0.39 is 10.0 Å². The van der Waals surface area contributed by atoms with E-state index in [2.05, 4.69) is 10.5 Å². The van der Waals surface area contributed by atoms with Crippen molar-refractivity contribution in [3.63, 3.8) is 0 Å². The van der Waals surface area contributed by atoms with Crippen LogP contribution in [-0.2, 0) is 19.6 Å². The van der Waals surface area contributed by atoms with Crippen molar-refractivity contribution in [2.45, 2.75) is 19.8 Å². The maximum Gasteiger partial charge on any atom is 0.270 e. The van der Waals surface area contributed by atoms with Crippen molar-refractivity contribution in [2.24, 2.45) is 5.10 Å². The lowest BCUT2D eigenvalue weighted by Gasteiger charge is -2.34. The average Bonchev–Trinajstić information content (AvgIpc) is 2.47. The molecule has 0 unspecified atom stereocenters. The molecule has 0 aromatic rings. The summed E-state index contributed by atoms with van der Waals surface area (Å²) in [6, 6.07) is 0. The highest BCUT2D eigenvalue weighted by molar-refractivity contribution is 7.89. The van der Waals surface area contributed by atoms with Gasteiger partial charge in [0.1, 0.15) is 5.71 Å². The highest BCUT2D eigenvalue weighted by atomic mass is 32.2. The lowest BCUT2D eigenvalue weighted by molar-refractivity contribution is -0.125. The maximum absolute atomic E-state index is 12.2. The first-order valence-electron chi connectivity index (χ1n) is 6.56. The van der Waals surface area contributed by atoms with Crippen molar-refractivity contribution < 1.29 is 18.0 Å². The predicted molar refractivity (Wildman–Crippen MR) is 72.4 cm³/mol. The molecule has 8 nitrogen and oxygen atoms in total. The molecule has 0 bridgehead atoms. The summed E-state index contributed by atoms with van der Waals surface area (Å²) in [5.74, 6) is -0.349. The van der Waals surface area contributed by atoms with Gasteiger partial charge in [-0.3, -0.25) is 9.59 Å². The van der Waals surface area contributed by atoms with Gasteiger partial charge in [0, 0.05) is 39.0 Å². The highest BCUT2D eigenvalue weighted by Gasteiger charge is 2.30. The van der Waals surface area contributed by atoms with E-state index in [4.69, 9.17) is 0 Å². The van der Waals surface area contributed by atoms with Crippen LogP contribution in [0.3, 0.4) is 0 Å².